The average Bonchev–Trinajstić information content (AvgIpc) is 2.96. The first-order valence-corrected chi connectivity index (χ1v) is 7.07. The maximum Gasteiger partial charge on any atom is 0.436 e. The smallest absolute Gasteiger partial charge is 0.436 e. The molecule has 0 saturated heterocycles. The molecule has 0 unspecified atom stereocenters. The number of hydrogen-bond donors (Lipinski definition) is 2. The number of urea groups is 1. The maximum absolute atomic E-state index is 12.4. The number of alkyl halides is 3. The Morgan fingerprint density at radius 3 is 2.38 bits per heavy atom. The number of hydrogen-bond acceptors (Lipinski definition) is 5. The van der Waals surface area contributed by atoms with E-state index in [-0.39, 0.29) is 5.69 Å². The summed E-state index contributed by atoms with van der Waals surface area (Å²) in [5.41, 5.74) is -0.985. The first-order valence-electron chi connectivity index (χ1n) is 6.28. The van der Waals surface area contributed by atoms with Crippen LogP contribution in [-0.4, -0.2) is 25.4 Å². The topological polar surface area (TPSA) is 85.6 Å². The number of nitrogens with one attached hydrogen (secondary N) is 2. The highest BCUT2D eigenvalue weighted by atomic mass is 79.9. The number of benzene rings is 1. The molecule has 1 heterocycles. The van der Waals surface area contributed by atoms with Crippen LogP contribution in [0.15, 0.2) is 27.2 Å². The van der Waals surface area contributed by atoms with E-state index in [2.05, 4.69) is 36.2 Å². The van der Waals surface area contributed by atoms with E-state index >= 15 is 0 Å². The fourth-order valence-corrected chi connectivity index (χ4v) is 2.20. The van der Waals surface area contributed by atoms with Crippen molar-refractivity contribution in [3.63, 3.8) is 0 Å². The molecule has 0 saturated carbocycles. The minimum atomic E-state index is -4.66. The second-order valence-electron chi connectivity index (χ2n) is 4.34. The highest BCUT2D eigenvalue weighted by molar-refractivity contribution is 9.10. The first kappa shape index (κ1) is 17.9. The standard InChI is InChI=1S/C13H11BrF3N3O4/c1-22-8-4-9(23-2)7(3-6(8)14)18-12(21)19-11-5-10(20-24-11)13(15,16)17/h3-5H,1-2H3,(H2,18,19,21). The van der Waals surface area contributed by atoms with Gasteiger partial charge < -0.3 is 19.3 Å². The van der Waals surface area contributed by atoms with Gasteiger partial charge in [0.1, 0.15) is 11.5 Å². The van der Waals surface area contributed by atoms with E-state index in [9.17, 15) is 18.0 Å². The first-order chi connectivity index (χ1) is 11.2. The SMILES string of the molecule is COc1cc(OC)c(NC(=O)Nc2cc(C(F)(F)F)no2)cc1Br. The van der Waals surface area contributed by atoms with Crippen LogP contribution in [0.2, 0.25) is 0 Å². The number of carbonyl (C=O) groups excluding carboxylic acids is 1. The summed E-state index contributed by atoms with van der Waals surface area (Å²) in [5, 5.41) is 7.35. The molecule has 2 rings (SSSR count). The molecule has 1 aromatic heterocycles. The summed E-state index contributed by atoms with van der Waals surface area (Å²) in [6.07, 6.45) is -4.66. The van der Waals surface area contributed by atoms with Crippen molar-refractivity contribution in [1.29, 1.82) is 0 Å². The molecule has 2 N–H and O–H groups in total. The van der Waals surface area contributed by atoms with Gasteiger partial charge >= 0.3 is 12.2 Å². The van der Waals surface area contributed by atoms with E-state index < -0.39 is 23.8 Å². The number of methoxy groups -OCH3 is 2. The summed E-state index contributed by atoms with van der Waals surface area (Å²) in [4.78, 5) is 11.9. The van der Waals surface area contributed by atoms with Crippen LogP contribution in [0.5, 0.6) is 11.5 Å². The molecular weight excluding hydrogens is 399 g/mol. The molecule has 0 aliphatic heterocycles. The van der Waals surface area contributed by atoms with Gasteiger partial charge in [0, 0.05) is 12.1 Å². The summed E-state index contributed by atoms with van der Waals surface area (Å²) >= 11 is 3.25. The average molecular weight is 410 g/mol. The Morgan fingerprint density at radius 2 is 1.83 bits per heavy atom. The van der Waals surface area contributed by atoms with Crippen LogP contribution in [-0.2, 0) is 6.18 Å². The molecule has 7 nitrogen and oxygen atoms in total. The molecule has 2 amide bonds. The number of rotatable bonds is 4. The van der Waals surface area contributed by atoms with Gasteiger partial charge in [-0.15, -0.1) is 0 Å². The highest BCUT2D eigenvalue weighted by Crippen LogP contribution is 2.36. The minimum absolute atomic E-state index is 0.262. The lowest BCUT2D eigenvalue weighted by molar-refractivity contribution is -0.142. The van der Waals surface area contributed by atoms with Crippen LogP contribution in [0, 0.1) is 0 Å². The Morgan fingerprint density at radius 1 is 1.17 bits per heavy atom. The second-order valence-corrected chi connectivity index (χ2v) is 5.19. The summed E-state index contributed by atoms with van der Waals surface area (Å²) in [6.45, 7) is 0. The van der Waals surface area contributed by atoms with E-state index in [0.717, 1.165) is 0 Å². The Balaban J connectivity index is 2.12. The van der Waals surface area contributed by atoms with E-state index in [1.165, 1.54) is 26.4 Å². The van der Waals surface area contributed by atoms with Crippen molar-refractivity contribution < 1.29 is 32.0 Å². The number of anilines is 2. The van der Waals surface area contributed by atoms with Crippen LogP contribution >= 0.6 is 15.9 Å². The normalized spacial score (nSPS) is 11.1. The van der Waals surface area contributed by atoms with E-state index in [4.69, 9.17) is 9.47 Å². The van der Waals surface area contributed by atoms with Crippen molar-refractivity contribution in [3.05, 3.63) is 28.4 Å². The zero-order valence-corrected chi connectivity index (χ0v) is 13.9. The van der Waals surface area contributed by atoms with Crippen molar-refractivity contribution in [2.24, 2.45) is 0 Å². The maximum atomic E-state index is 12.4. The van der Waals surface area contributed by atoms with Crippen LogP contribution in [0.25, 0.3) is 0 Å². The fraction of sp³-hybridized carbons (Fsp3) is 0.231. The summed E-state index contributed by atoms with van der Waals surface area (Å²) in [5.74, 6) is 0.313. The van der Waals surface area contributed by atoms with Gasteiger partial charge in [-0.2, -0.15) is 13.2 Å². The van der Waals surface area contributed by atoms with E-state index in [1.807, 2.05) is 0 Å². The molecule has 0 aliphatic carbocycles. The number of nitrogens with zero attached hydrogens (tertiary/aromatic N) is 1. The van der Waals surface area contributed by atoms with Crippen molar-refractivity contribution in [2.45, 2.75) is 6.18 Å². The molecule has 1 aromatic carbocycles. The Bertz CT molecular complexity index is 749. The van der Waals surface area contributed by atoms with Crippen LogP contribution in [0.4, 0.5) is 29.5 Å². The third-order valence-corrected chi connectivity index (χ3v) is 3.38. The lowest BCUT2D eigenvalue weighted by atomic mass is 10.2. The van der Waals surface area contributed by atoms with Crippen molar-refractivity contribution in [3.8, 4) is 11.5 Å². The Labute approximate surface area is 142 Å². The van der Waals surface area contributed by atoms with Gasteiger partial charge in [0.2, 0.25) is 5.88 Å². The minimum Gasteiger partial charge on any atom is -0.495 e. The molecule has 2 aromatic rings. The number of aromatic nitrogens is 1. The van der Waals surface area contributed by atoms with Crippen molar-refractivity contribution >= 4 is 33.5 Å². The predicted octanol–water partition coefficient (Wildman–Crippen LogP) is 4.12. The molecule has 24 heavy (non-hydrogen) atoms. The predicted molar refractivity (Wildman–Crippen MR) is 81.4 cm³/mol. The number of amides is 2. The fourth-order valence-electron chi connectivity index (χ4n) is 1.69. The third kappa shape index (κ3) is 4.10. The summed E-state index contributed by atoms with van der Waals surface area (Å²) in [6, 6.07) is 2.77. The molecule has 0 spiro atoms. The molecule has 0 radical (unpaired) electrons. The van der Waals surface area contributed by atoms with Crippen molar-refractivity contribution in [2.75, 3.05) is 24.9 Å². The van der Waals surface area contributed by atoms with E-state index in [0.29, 0.717) is 22.0 Å². The molecule has 130 valence electrons. The van der Waals surface area contributed by atoms with Gasteiger partial charge in [0.25, 0.3) is 0 Å². The largest absolute Gasteiger partial charge is 0.495 e. The van der Waals surface area contributed by atoms with Gasteiger partial charge in [-0.1, -0.05) is 5.16 Å². The van der Waals surface area contributed by atoms with Crippen LogP contribution < -0.4 is 20.1 Å². The van der Waals surface area contributed by atoms with Gasteiger partial charge in [0.05, 0.1) is 24.4 Å². The van der Waals surface area contributed by atoms with Crippen molar-refractivity contribution in [1.82, 2.24) is 5.16 Å². The lowest BCUT2D eigenvalue weighted by Gasteiger charge is -2.13. The van der Waals surface area contributed by atoms with Gasteiger partial charge in [-0.25, -0.2) is 4.79 Å². The van der Waals surface area contributed by atoms with Gasteiger partial charge in [0.15, 0.2) is 5.69 Å². The van der Waals surface area contributed by atoms with E-state index in [1.54, 1.807) is 0 Å². The quantitative estimate of drug-likeness (QED) is 0.793. The Kier molecular flexibility index (Phi) is 5.22. The molecule has 11 heteroatoms. The number of halogens is 4. The summed E-state index contributed by atoms with van der Waals surface area (Å²) < 4.78 is 52.4. The number of ether oxygens (including phenoxy) is 2. The third-order valence-electron chi connectivity index (χ3n) is 2.76. The molecule has 0 atom stereocenters. The van der Waals surface area contributed by atoms with Crippen LogP contribution in [0.1, 0.15) is 5.69 Å². The van der Waals surface area contributed by atoms with Gasteiger partial charge in [-0.3, -0.25) is 5.32 Å². The zero-order valence-electron chi connectivity index (χ0n) is 12.3. The van der Waals surface area contributed by atoms with Crippen LogP contribution in [0.3, 0.4) is 0 Å². The molecule has 0 aliphatic rings. The second kappa shape index (κ2) is 6.99. The molecule has 0 fully saturated rings. The molecular formula is C13H11BrF3N3O4. The molecule has 0 bridgehead atoms. The number of carbonyl (C=O) groups is 1. The Hall–Kier alpha value is -2.43. The highest BCUT2D eigenvalue weighted by Gasteiger charge is 2.35. The van der Waals surface area contributed by atoms with Gasteiger partial charge in [-0.05, 0) is 22.0 Å². The lowest BCUT2D eigenvalue weighted by Crippen LogP contribution is -2.19. The zero-order chi connectivity index (χ0) is 17.9. The summed E-state index contributed by atoms with van der Waals surface area (Å²) in [7, 11) is 2.85. The monoisotopic (exact) mass is 409 g/mol.